The van der Waals surface area contributed by atoms with Crippen molar-refractivity contribution in [3.63, 3.8) is 0 Å². The van der Waals surface area contributed by atoms with Gasteiger partial charge in [-0.1, -0.05) is 70.1 Å². The molecule has 0 aromatic heterocycles. The Bertz CT molecular complexity index is 455. The number of amides is 1. The summed E-state index contributed by atoms with van der Waals surface area (Å²) in [5.74, 6) is -0.0498. The lowest BCUT2D eigenvalue weighted by Crippen LogP contribution is -2.21. The number of nitrogen functional groups attached to an aromatic ring is 1. The molecule has 3 N–H and O–H groups in total. The molecule has 1 amide bonds. The second-order valence-corrected chi connectivity index (χ2v) is 5.73. The van der Waals surface area contributed by atoms with Crippen molar-refractivity contribution in [1.29, 1.82) is 0 Å². The van der Waals surface area contributed by atoms with Crippen LogP contribution in [0.4, 0.5) is 5.69 Å². The molecular weight excluding hydrogens is 272 g/mol. The molecule has 0 fully saturated rings. The summed E-state index contributed by atoms with van der Waals surface area (Å²) in [4.78, 5) is 11.7. The number of hydrogen-bond donors (Lipinski definition) is 2. The van der Waals surface area contributed by atoms with Gasteiger partial charge in [0.05, 0.1) is 0 Å². The highest BCUT2D eigenvalue weighted by molar-refractivity contribution is 5.92. The van der Waals surface area contributed by atoms with Crippen molar-refractivity contribution >= 4 is 17.7 Å². The van der Waals surface area contributed by atoms with Gasteiger partial charge in [0.2, 0.25) is 5.91 Å². The number of anilines is 1. The zero-order valence-corrected chi connectivity index (χ0v) is 13.8. The van der Waals surface area contributed by atoms with Crippen molar-refractivity contribution in [2.75, 3.05) is 12.3 Å². The number of nitrogens with two attached hydrogens (primary N) is 1. The number of para-hydroxylation sites is 1. The maximum Gasteiger partial charge on any atom is 0.244 e. The van der Waals surface area contributed by atoms with Crippen LogP contribution < -0.4 is 11.1 Å². The minimum absolute atomic E-state index is 0.0498. The maximum atomic E-state index is 11.7. The SMILES string of the molecule is CCCCCCCCCCNC(=O)/C=C/c1ccccc1N. The van der Waals surface area contributed by atoms with Crippen LogP contribution in [-0.4, -0.2) is 12.5 Å². The lowest BCUT2D eigenvalue weighted by molar-refractivity contribution is -0.116. The fraction of sp³-hybridized carbons (Fsp3) is 0.526. The zero-order valence-electron chi connectivity index (χ0n) is 13.8. The smallest absolute Gasteiger partial charge is 0.244 e. The summed E-state index contributed by atoms with van der Waals surface area (Å²) in [5, 5.41) is 2.92. The summed E-state index contributed by atoms with van der Waals surface area (Å²) in [6, 6.07) is 7.53. The van der Waals surface area contributed by atoms with E-state index in [1.165, 1.54) is 44.9 Å². The molecule has 0 radical (unpaired) electrons. The van der Waals surface area contributed by atoms with Crippen molar-refractivity contribution in [3.05, 3.63) is 35.9 Å². The van der Waals surface area contributed by atoms with Gasteiger partial charge in [0.1, 0.15) is 0 Å². The Labute approximate surface area is 135 Å². The number of rotatable bonds is 11. The molecule has 1 aromatic carbocycles. The predicted octanol–water partition coefficient (Wildman–Crippen LogP) is 4.54. The van der Waals surface area contributed by atoms with Crippen LogP contribution in [0.15, 0.2) is 30.3 Å². The Balaban J connectivity index is 2.05. The summed E-state index contributed by atoms with van der Waals surface area (Å²) in [6.45, 7) is 2.99. The summed E-state index contributed by atoms with van der Waals surface area (Å²) >= 11 is 0. The van der Waals surface area contributed by atoms with Crippen LogP contribution in [0.1, 0.15) is 63.9 Å². The van der Waals surface area contributed by atoms with E-state index in [1.807, 2.05) is 24.3 Å². The van der Waals surface area contributed by atoms with E-state index in [1.54, 1.807) is 12.2 Å². The second kappa shape index (κ2) is 11.8. The number of carbonyl (C=O) groups is 1. The fourth-order valence-electron chi connectivity index (χ4n) is 2.36. The molecule has 0 aliphatic carbocycles. The van der Waals surface area contributed by atoms with Gasteiger partial charge in [-0.3, -0.25) is 4.79 Å². The first kappa shape index (κ1) is 18.3. The van der Waals surface area contributed by atoms with E-state index >= 15 is 0 Å². The molecule has 0 bridgehead atoms. The summed E-state index contributed by atoms with van der Waals surface area (Å²) in [7, 11) is 0. The quantitative estimate of drug-likeness (QED) is 0.358. The molecule has 0 unspecified atom stereocenters. The van der Waals surface area contributed by atoms with Crippen LogP contribution in [0.25, 0.3) is 6.08 Å². The fourth-order valence-corrected chi connectivity index (χ4v) is 2.36. The van der Waals surface area contributed by atoms with Crippen molar-refractivity contribution < 1.29 is 4.79 Å². The van der Waals surface area contributed by atoms with Crippen LogP contribution in [0.2, 0.25) is 0 Å². The third kappa shape index (κ3) is 8.50. The van der Waals surface area contributed by atoms with Crippen LogP contribution >= 0.6 is 0 Å². The van der Waals surface area contributed by atoms with E-state index in [2.05, 4.69) is 12.2 Å². The van der Waals surface area contributed by atoms with Crippen LogP contribution in [-0.2, 0) is 4.79 Å². The maximum absolute atomic E-state index is 11.7. The van der Waals surface area contributed by atoms with Gasteiger partial charge in [-0.15, -0.1) is 0 Å². The van der Waals surface area contributed by atoms with E-state index in [0.717, 1.165) is 18.5 Å². The average Bonchev–Trinajstić information content (AvgIpc) is 2.52. The van der Waals surface area contributed by atoms with Gasteiger partial charge < -0.3 is 11.1 Å². The topological polar surface area (TPSA) is 55.1 Å². The largest absolute Gasteiger partial charge is 0.398 e. The van der Waals surface area contributed by atoms with Crippen LogP contribution in [0.5, 0.6) is 0 Å². The van der Waals surface area contributed by atoms with Crippen LogP contribution in [0, 0.1) is 0 Å². The van der Waals surface area contributed by atoms with Crippen molar-refractivity contribution in [2.45, 2.75) is 58.3 Å². The van der Waals surface area contributed by atoms with Gasteiger partial charge in [0, 0.05) is 18.3 Å². The number of carbonyl (C=O) groups excluding carboxylic acids is 1. The van der Waals surface area contributed by atoms with E-state index < -0.39 is 0 Å². The molecule has 3 nitrogen and oxygen atoms in total. The Morgan fingerprint density at radius 2 is 1.68 bits per heavy atom. The van der Waals surface area contributed by atoms with Crippen molar-refractivity contribution in [2.24, 2.45) is 0 Å². The molecule has 0 atom stereocenters. The first-order valence-corrected chi connectivity index (χ1v) is 8.54. The summed E-state index contributed by atoms with van der Waals surface area (Å²) < 4.78 is 0. The highest BCUT2D eigenvalue weighted by atomic mass is 16.1. The molecular formula is C19H30N2O. The first-order chi connectivity index (χ1) is 10.7. The van der Waals surface area contributed by atoms with Gasteiger partial charge in [0.25, 0.3) is 0 Å². The van der Waals surface area contributed by atoms with E-state index in [0.29, 0.717) is 5.69 Å². The minimum atomic E-state index is -0.0498. The standard InChI is InChI=1S/C19H30N2O/c1-2-3-4-5-6-7-8-11-16-21-19(22)15-14-17-12-9-10-13-18(17)20/h9-10,12-15H,2-8,11,16,20H2,1H3,(H,21,22)/b15-14+. The molecule has 0 saturated heterocycles. The molecule has 22 heavy (non-hydrogen) atoms. The number of hydrogen-bond acceptors (Lipinski definition) is 2. The minimum Gasteiger partial charge on any atom is -0.398 e. The molecule has 0 aliphatic heterocycles. The first-order valence-electron chi connectivity index (χ1n) is 8.54. The lowest BCUT2D eigenvalue weighted by Gasteiger charge is -2.03. The zero-order chi connectivity index (χ0) is 16.0. The number of benzene rings is 1. The molecule has 122 valence electrons. The normalized spacial score (nSPS) is 11.0. The molecule has 3 heteroatoms. The van der Waals surface area contributed by atoms with Crippen molar-refractivity contribution in [3.8, 4) is 0 Å². The third-order valence-corrected chi connectivity index (χ3v) is 3.74. The van der Waals surface area contributed by atoms with Gasteiger partial charge >= 0.3 is 0 Å². The van der Waals surface area contributed by atoms with E-state index in [9.17, 15) is 4.79 Å². The van der Waals surface area contributed by atoms with Gasteiger partial charge in [-0.05, 0) is 24.1 Å². The monoisotopic (exact) mass is 302 g/mol. The highest BCUT2D eigenvalue weighted by Crippen LogP contribution is 2.12. The molecule has 1 rings (SSSR count). The Morgan fingerprint density at radius 3 is 2.36 bits per heavy atom. The van der Waals surface area contributed by atoms with Gasteiger partial charge in [-0.25, -0.2) is 0 Å². The average molecular weight is 302 g/mol. The summed E-state index contributed by atoms with van der Waals surface area (Å²) in [5.41, 5.74) is 7.39. The Morgan fingerprint density at radius 1 is 1.05 bits per heavy atom. The van der Waals surface area contributed by atoms with E-state index in [4.69, 9.17) is 5.73 Å². The van der Waals surface area contributed by atoms with Crippen molar-refractivity contribution in [1.82, 2.24) is 5.32 Å². The number of nitrogens with one attached hydrogen (secondary N) is 1. The summed E-state index contributed by atoms with van der Waals surface area (Å²) in [6.07, 6.45) is 13.5. The second-order valence-electron chi connectivity index (χ2n) is 5.73. The molecule has 0 aliphatic rings. The molecule has 0 spiro atoms. The Hall–Kier alpha value is -1.77. The van der Waals surface area contributed by atoms with Crippen LogP contribution in [0.3, 0.4) is 0 Å². The molecule has 0 saturated carbocycles. The number of unbranched alkanes of at least 4 members (excludes halogenated alkanes) is 7. The Kier molecular flexibility index (Phi) is 9.84. The van der Waals surface area contributed by atoms with E-state index in [-0.39, 0.29) is 5.91 Å². The molecule has 1 aromatic rings. The highest BCUT2D eigenvalue weighted by Gasteiger charge is 1.97. The molecule has 0 heterocycles. The van der Waals surface area contributed by atoms with Gasteiger partial charge in [0.15, 0.2) is 0 Å². The lowest BCUT2D eigenvalue weighted by atomic mass is 10.1. The van der Waals surface area contributed by atoms with Gasteiger partial charge in [-0.2, -0.15) is 0 Å². The predicted molar refractivity (Wildman–Crippen MR) is 95.5 cm³/mol. The third-order valence-electron chi connectivity index (χ3n) is 3.74.